The van der Waals surface area contributed by atoms with Crippen LogP contribution in [0, 0.1) is 5.92 Å². The molecule has 0 spiro atoms. The van der Waals surface area contributed by atoms with E-state index in [4.69, 9.17) is 0 Å². The largest absolute Gasteiger partial charge is 0.390 e. The summed E-state index contributed by atoms with van der Waals surface area (Å²) in [7, 11) is -3.16. The van der Waals surface area contributed by atoms with Gasteiger partial charge < -0.3 is 5.11 Å². The van der Waals surface area contributed by atoms with Crippen LogP contribution in [-0.4, -0.2) is 41.2 Å². The van der Waals surface area contributed by atoms with Crippen LogP contribution >= 0.6 is 15.9 Å². The quantitative estimate of drug-likeness (QED) is 0.782. The van der Waals surface area contributed by atoms with E-state index in [9.17, 15) is 13.5 Å². The average Bonchev–Trinajstić information content (AvgIpc) is 2.27. The molecule has 94 valence electrons. The van der Waals surface area contributed by atoms with E-state index in [0.717, 1.165) is 25.7 Å². The first kappa shape index (κ1) is 12.8. The molecule has 0 aromatic carbocycles. The lowest BCUT2D eigenvalue weighted by Crippen LogP contribution is -2.54. The predicted octanol–water partition coefficient (Wildman–Crippen LogP) is 1.30. The number of halogens is 1. The first-order valence-corrected chi connectivity index (χ1v) is 8.47. The average molecular weight is 312 g/mol. The van der Waals surface area contributed by atoms with Crippen LogP contribution in [0.1, 0.15) is 32.1 Å². The molecule has 1 saturated heterocycles. The number of sulfonamides is 1. The summed E-state index contributed by atoms with van der Waals surface area (Å²) in [6, 6.07) is 0. The Morgan fingerprint density at radius 3 is 2.81 bits per heavy atom. The van der Waals surface area contributed by atoms with Crippen molar-refractivity contribution in [2.45, 2.75) is 37.7 Å². The molecular weight excluding hydrogens is 294 g/mol. The Morgan fingerprint density at radius 2 is 2.12 bits per heavy atom. The van der Waals surface area contributed by atoms with Crippen LogP contribution in [0.2, 0.25) is 0 Å². The zero-order chi connectivity index (χ0) is 11.8. The fraction of sp³-hybridized carbons (Fsp3) is 1.00. The van der Waals surface area contributed by atoms with E-state index in [1.165, 1.54) is 4.31 Å². The lowest BCUT2D eigenvalue weighted by atomic mass is 9.72. The first-order chi connectivity index (χ1) is 7.48. The van der Waals surface area contributed by atoms with Crippen LogP contribution in [0.5, 0.6) is 0 Å². The summed E-state index contributed by atoms with van der Waals surface area (Å²) in [5.41, 5.74) is -0.601. The monoisotopic (exact) mass is 311 g/mol. The molecule has 16 heavy (non-hydrogen) atoms. The zero-order valence-electron chi connectivity index (χ0n) is 9.23. The molecule has 2 atom stereocenters. The molecule has 2 fully saturated rings. The Bertz CT molecular complexity index is 359. The van der Waals surface area contributed by atoms with E-state index in [1.807, 2.05) is 0 Å². The number of nitrogens with zero attached hydrogens (tertiary/aromatic N) is 1. The van der Waals surface area contributed by atoms with Gasteiger partial charge in [-0.1, -0.05) is 28.8 Å². The zero-order valence-corrected chi connectivity index (χ0v) is 11.6. The van der Waals surface area contributed by atoms with Gasteiger partial charge in [0, 0.05) is 19.0 Å². The van der Waals surface area contributed by atoms with Crippen molar-refractivity contribution in [2.75, 3.05) is 17.8 Å². The number of hydrogen-bond donors (Lipinski definition) is 1. The number of aliphatic hydroxyl groups is 1. The maximum absolute atomic E-state index is 11.7. The van der Waals surface area contributed by atoms with E-state index >= 15 is 0 Å². The van der Waals surface area contributed by atoms with Crippen molar-refractivity contribution in [3.63, 3.8) is 0 Å². The van der Waals surface area contributed by atoms with Crippen molar-refractivity contribution in [1.29, 1.82) is 0 Å². The van der Waals surface area contributed by atoms with Gasteiger partial charge in [0.05, 0.1) is 5.60 Å². The molecule has 0 amide bonds. The van der Waals surface area contributed by atoms with Gasteiger partial charge in [0.25, 0.3) is 0 Å². The van der Waals surface area contributed by atoms with Crippen molar-refractivity contribution in [1.82, 2.24) is 4.31 Å². The molecule has 2 aliphatic rings. The molecule has 1 saturated carbocycles. The summed E-state index contributed by atoms with van der Waals surface area (Å²) >= 11 is 3.02. The third kappa shape index (κ3) is 2.30. The minimum atomic E-state index is -3.16. The lowest BCUT2D eigenvalue weighted by Gasteiger charge is -2.46. The van der Waals surface area contributed by atoms with E-state index in [2.05, 4.69) is 15.9 Å². The number of fused-ring (bicyclic) bond motifs is 1. The van der Waals surface area contributed by atoms with Gasteiger partial charge in [-0.05, 0) is 19.3 Å². The third-order valence-corrected chi connectivity index (χ3v) is 7.05. The fourth-order valence-electron chi connectivity index (χ4n) is 2.86. The molecule has 1 N–H and O–H groups in total. The maximum Gasteiger partial charge on any atom is 0.224 e. The molecule has 0 aromatic heterocycles. The van der Waals surface area contributed by atoms with Crippen molar-refractivity contribution in [3.8, 4) is 0 Å². The molecule has 2 unspecified atom stereocenters. The van der Waals surface area contributed by atoms with Crippen LogP contribution in [0.15, 0.2) is 0 Å². The minimum Gasteiger partial charge on any atom is -0.390 e. The first-order valence-electron chi connectivity index (χ1n) is 5.74. The lowest BCUT2D eigenvalue weighted by molar-refractivity contribution is -0.0815. The van der Waals surface area contributed by atoms with Crippen molar-refractivity contribution in [3.05, 3.63) is 0 Å². The molecule has 1 heterocycles. The highest BCUT2D eigenvalue weighted by Crippen LogP contribution is 2.40. The Labute approximate surface area is 105 Å². The maximum atomic E-state index is 11.7. The summed E-state index contributed by atoms with van der Waals surface area (Å²) in [5.74, 6) is 0.129. The molecular formula is C10H18BrNO3S. The van der Waals surface area contributed by atoms with Crippen LogP contribution < -0.4 is 0 Å². The number of piperidine rings is 1. The molecule has 0 radical (unpaired) electrons. The van der Waals surface area contributed by atoms with Crippen LogP contribution in [0.4, 0.5) is 0 Å². The standard InChI is InChI=1S/C10H18BrNO3S/c11-8-16(14,15)12-6-5-10(13)4-2-1-3-9(10)7-12/h9,13H,1-8H2. The summed E-state index contributed by atoms with van der Waals surface area (Å²) in [6.45, 7) is 0.950. The summed E-state index contributed by atoms with van der Waals surface area (Å²) < 4.78 is 25.0. The normalized spacial score (nSPS) is 37.0. The summed E-state index contributed by atoms with van der Waals surface area (Å²) in [5, 5.41) is 10.4. The van der Waals surface area contributed by atoms with Crippen molar-refractivity contribution < 1.29 is 13.5 Å². The number of rotatable bonds is 2. The van der Waals surface area contributed by atoms with Crippen molar-refractivity contribution >= 4 is 26.0 Å². The number of hydrogen-bond acceptors (Lipinski definition) is 3. The second-order valence-electron chi connectivity index (χ2n) is 4.88. The minimum absolute atomic E-state index is 0.0227. The molecule has 6 heteroatoms. The van der Waals surface area contributed by atoms with Gasteiger partial charge >= 0.3 is 0 Å². The summed E-state index contributed by atoms with van der Waals surface area (Å²) in [6.07, 6.45) is 4.54. The molecule has 1 aliphatic carbocycles. The molecule has 4 nitrogen and oxygen atoms in total. The van der Waals surface area contributed by atoms with Gasteiger partial charge in [0.2, 0.25) is 10.0 Å². The molecule has 1 aliphatic heterocycles. The predicted molar refractivity (Wildman–Crippen MR) is 65.8 cm³/mol. The van der Waals surface area contributed by atoms with Gasteiger partial charge in [-0.2, -0.15) is 0 Å². The van der Waals surface area contributed by atoms with Gasteiger partial charge in [-0.15, -0.1) is 0 Å². The highest BCUT2D eigenvalue weighted by Gasteiger charge is 2.44. The topological polar surface area (TPSA) is 57.6 Å². The van der Waals surface area contributed by atoms with E-state index in [0.29, 0.717) is 19.5 Å². The van der Waals surface area contributed by atoms with Gasteiger partial charge in [-0.25, -0.2) is 12.7 Å². The van der Waals surface area contributed by atoms with Crippen molar-refractivity contribution in [2.24, 2.45) is 5.92 Å². The van der Waals surface area contributed by atoms with E-state index in [-0.39, 0.29) is 10.6 Å². The van der Waals surface area contributed by atoms with E-state index in [1.54, 1.807) is 0 Å². The van der Waals surface area contributed by atoms with Gasteiger partial charge in [0.1, 0.15) is 4.66 Å². The fourth-order valence-corrected chi connectivity index (χ4v) is 4.65. The van der Waals surface area contributed by atoms with Crippen LogP contribution in [0.25, 0.3) is 0 Å². The van der Waals surface area contributed by atoms with Crippen LogP contribution in [-0.2, 0) is 10.0 Å². The Morgan fingerprint density at radius 1 is 1.38 bits per heavy atom. The highest BCUT2D eigenvalue weighted by atomic mass is 79.9. The Balaban J connectivity index is 2.11. The second kappa shape index (κ2) is 4.55. The van der Waals surface area contributed by atoms with Gasteiger partial charge in [-0.3, -0.25) is 0 Å². The summed E-state index contributed by atoms with van der Waals surface area (Å²) in [4.78, 5) is 0. The van der Waals surface area contributed by atoms with Crippen LogP contribution in [0.3, 0.4) is 0 Å². The molecule has 2 rings (SSSR count). The SMILES string of the molecule is O=S(=O)(CBr)N1CCC2(O)CCCCC2C1. The number of alkyl halides is 1. The Kier molecular flexibility index (Phi) is 3.64. The molecule has 0 bridgehead atoms. The van der Waals surface area contributed by atoms with E-state index < -0.39 is 15.6 Å². The molecule has 0 aromatic rings. The smallest absolute Gasteiger partial charge is 0.224 e. The Hall–Kier alpha value is 0.350. The second-order valence-corrected chi connectivity index (χ2v) is 8.15. The van der Waals surface area contributed by atoms with Gasteiger partial charge in [0.15, 0.2) is 0 Å². The highest BCUT2D eigenvalue weighted by molar-refractivity contribution is 9.10. The third-order valence-electron chi connectivity index (χ3n) is 3.92.